The first-order valence-corrected chi connectivity index (χ1v) is 6.56. The van der Waals surface area contributed by atoms with Crippen LogP contribution in [0.3, 0.4) is 0 Å². The van der Waals surface area contributed by atoms with Gasteiger partial charge < -0.3 is 10.6 Å². The molecular formula is C13H22N4. The standard InChI is InChI=1S/C13H22N4/c1-10(2)17-13-8-12(15-9-16-13)14-7-6-11-4-3-5-11/h8-11H,3-7H2,1-2H3,(H2,14,15,16,17). The van der Waals surface area contributed by atoms with Crippen LogP contribution in [0.2, 0.25) is 0 Å². The summed E-state index contributed by atoms with van der Waals surface area (Å²) in [5.41, 5.74) is 0. The second kappa shape index (κ2) is 5.84. The van der Waals surface area contributed by atoms with Gasteiger partial charge in [-0.1, -0.05) is 19.3 Å². The molecule has 1 aliphatic rings. The minimum Gasteiger partial charge on any atom is -0.370 e. The Morgan fingerprint density at radius 3 is 2.71 bits per heavy atom. The quantitative estimate of drug-likeness (QED) is 0.794. The van der Waals surface area contributed by atoms with Crippen molar-refractivity contribution in [1.82, 2.24) is 9.97 Å². The van der Waals surface area contributed by atoms with E-state index in [0.717, 1.165) is 24.1 Å². The number of aromatic nitrogens is 2. The molecule has 1 aliphatic carbocycles. The lowest BCUT2D eigenvalue weighted by Crippen LogP contribution is -2.16. The molecule has 0 atom stereocenters. The summed E-state index contributed by atoms with van der Waals surface area (Å²) < 4.78 is 0. The fourth-order valence-corrected chi connectivity index (χ4v) is 2.01. The molecular weight excluding hydrogens is 212 g/mol. The molecule has 1 aromatic rings. The molecule has 2 rings (SSSR count). The van der Waals surface area contributed by atoms with Crippen molar-refractivity contribution in [3.05, 3.63) is 12.4 Å². The van der Waals surface area contributed by atoms with E-state index in [0.29, 0.717) is 6.04 Å². The summed E-state index contributed by atoms with van der Waals surface area (Å²) in [6, 6.07) is 2.37. The Morgan fingerprint density at radius 2 is 2.06 bits per heavy atom. The molecule has 1 fully saturated rings. The predicted octanol–water partition coefficient (Wildman–Crippen LogP) is 2.90. The molecule has 1 heterocycles. The van der Waals surface area contributed by atoms with Gasteiger partial charge in [-0.25, -0.2) is 9.97 Å². The second-order valence-electron chi connectivity index (χ2n) is 5.10. The van der Waals surface area contributed by atoms with Crippen LogP contribution in [0.15, 0.2) is 12.4 Å². The van der Waals surface area contributed by atoms with E-state index in [-0.39, 0.29) is 0 Å². The van der Waals surface area contributed by atoms with Gasteiger partial charge in [0.15, 0.2) is 0 Å². The van der Waals surface area contributed by atoms with Gasteiger partial charge in [0, 0.05) is 18.7 Å². The molecule has 2 N–H and O–H groups in total. The summed E-state index contributed by atoms with van der Waals surface area (Å²) in [6.45, 7) is 5.22. The number of anilines is 2. The molecule has 0 unspecified atom stereocenters. The van der Waals surface area contributed by atoms with E-state index in [9.17, 15) is 0 Å². The highest BCUT2D eigenvalue weighted by Gasteiger charge is 2.16. The Hall–Kier alpha value is -1.32. The number of nitrogens with zero attached hydrogens (tertiary/aromatic N) is 2. The van der Waals surface area contributed by atoms with Crippen LogP contribution in [0.4, 0.5) is 11.6 Å². The molecule has 0 amide bonds. The Kier molecular flexibility index (Phi) is 4.18. The largest absolute Gasteiger partial charge is 0.370 e. The minimum atomic E-state index is 0.396. The van der Waals surface area contributed by atoms with Gasteiger partial charge in [-0.15, -0.1) is 0 Å². The third kappa shape index (κ3) is 3.88. The van der Waals surface area contributed by atoms with Crippen molar-refractivity contribution in [2.75, 3.05) is 17.2 Å². The Labute approximate surface area is 103 Å². The SMILES string of the molecule is CC(C)Nc1cc(NCCC2CCC2)ncn1. The molecule has 1 aromatic heterocycles. The van der Waals surface area contributed by atoms with Gasteiger partial charge in [0.2, 0.25) is 0 Å². The first-order valence-electron chi connectivity index (χ1n) is 6.56. The van der Waals surface area contributed by atoms with E-state index in [1.165, 1.54) is 25.7 Å². The zero-order valence-electron chi connectivity index (χ0n) is 10.7. The van der Waals surface area contributed by atoms with Gasteiger partial charge in [-0.05, 0) is 26.2 Å². The van der Waals surface area contributed by atoms with Crippen LogP contribution in [0.1, 0.15) is 39.5 Å². The maximum absolute atomic E-state index is 4.23. The summed E-state index contributed by atoms with van der Waals surface area (Å²) >= 11 is 0. The summed E-state index contributed by atoms with van der Waals surface area (Å²) in [5.74, 6) is 2.75. The number of hydrogen-bond acceptors (Lipinski definition) is 4. The van der Waals surface area contributed by atoms with Crippen LogP contribution < -0.4 is 10.6 Å². The van der Waals surface area contributed by atoms with Gasteiger partial charge in [0.05, 0.1) is 0 Å². The zero-order valence-corrected chi connectivity index (χ0v) is 10.7. The average Bonchev–Trinajstić information content (AvgIpc) is 2.21. The first kappa shape index (κ1) is 12.1. The van der Waals surface area contributed by atoms with Crippen LogP contribution >= 0.6 is 0 Å². The highest BCUT2D eigenvalue weighted by atomic mass is 15.1. The molecule has 0 radical (unpaired) electrons. The normalized spacial score (nSPS) is 15.7. The average molecular weight is 234 g/mol. The van der Waals surface area contributed by atoms with Crippen molar-refractivity contribution in [1.29, 1.82) is 0 Å². The van der Waals surface area contributed by atoms with E-state index in [4.69, 9.17) is 0 Å². The van der Waals surface area contributed by atoms with Gasteiger partial charge in [-0.2, -0.15) is 0 Å². The smallest absolute Gasteiger partial charge is 0.131 e. The summed E-state index contributed by atoms with van der Waals surface area (Å²) in [5, 5.41) is 6.64. The highest BCUT2D eigenvalue weighted by Crippen LogP contribution is 2.29. The second-order valence-corrected chi connectivity index (χ2v) is 5.10. The number of hydrogen-bond donors (Lipinski definition) is 2. The van der Waals surface area contributed by atoms with Crippen molar-refractivity contribution in [3.8, 4) is 0 Å². The maximum Gasteiger partial charge on any atom is 0.131 e. The molecule has 4 nitrogen and oxygen atoms in total. The summed E-state index contributed by atoms with van der Waals surface area (Å²) in [4.78, 5) is 8.41. The molecule has 1 saturated carbocycles. The maximum atomic E-state index is 4.23. The Morgan fingerprint density at radius 1 is 1.29 bits per heavy atom. The minimum absolute atomic E-state index is 0.396. The molecule has 4 heteroatoms. The van der Waals surface area contributed by atoms with Crippen LogP contribution in [0.5, 0.6) is 0 Å². The topological polar surface area (TPSA) is 49.8 Å². The van der Waals surface area contributed by atoms with Crippen molar-refractivity contribution in [3.63, 3.8) is 0 Å². The van der Waals surface area contributed by atoms with E-state index in [2.05, 4.69) is 34.4 Å². The fourth-order valence-electron chi connectivity index (χ4n) is 2.01. The summed E-state index contributed by atoms with van der Waals surface area (Å²) in [6.07, 6.45) is 7.10. The van der Waals surface area contributed by atoms with Crippen LogP contribution in [0, 0.1) is 5.92 Å². The molecule has 94 valence electrons. The number of rotatable bonds is 6. The lowest BCUT2D eigenvalue weighted by Gasteiger charge is -2.25. The van der Waals surface area contributed by atoms with E-state index >= 15 is 0 Å². The van der Waals surface area contributed by atoms with E-state index in [1.54, 1.807) is 6.33 Å². The van der Waals surface area contributed by atoms with Gasteiger partial charge in [0.1, 0.15) is 18.0 Å². The van der Waals surface area contributed by atoms with Crippen LogP contribution in [-0.4, -0.2) is 22.6 Å². The molecule has 0 aliphatic heterocycles. The third-order valence-corrected chi connectivity index (χ3v) is 3.19. The van der Waals surface area contributed by atoms with Crippen LogP contribution in [-0.2, 0) is 0 Å². The molecule has 0 bridgehead atoms. The Balaban J connectivity index is 1.78. The molecule has 17 heavy (non-hydrogen) atoms. The molecule has 0 saturated heterocycles. The lowest BCUT2D eigenvalue weighted by atomic mass is 9.83. The van der Waals surface area contributed by atoms with Gasteiger partial charge in [-0.3, -0.25) is 0 Å². The summed E-state index contributed by atoms with van der Waals surface area (Å²) in [7, 11) is 0. The molecule has 0 aromatic carbocycles. The van der Waals surface area contributed by atoms with Gasteiger partial charge >= 0.3 is 0 Å². The highest BCUT2D eigenvalue weighted by molar-refractivity contribution is 5.46. The van der Waals surface area contributed by atoms with E-state index in [1.807, 2.05) is 6.07 Å². The van der Waals surface area contributed by atoms with Crippen molar-refractivity contribution in [2.24, 2.45) is 5.92 Å². The van der Waals surface area contributed by atoms with Crippen molar-refractivity contribution < 1.29 is 0 Å². The Bertz CT molecular complexity index is 347. The monoisotopic (exact) mass is 234 g/mol. The fraction of sp³-hybridized carbons (Fsp3) is 0.692. The van der Waals surface area contributed by atoms with Crippen molar-refractivity contribution in [2.45, 2.75) is 45.6 Å². The van der Waals surface area contributed by atoms with Crippen LogP contribution in [0.25, 0.3) is 0 Å². The zero-order chi connectivity index (χ0) is 12.1. The first-order chi connectivity index (χ1) is 8.24. The van der Waals surface area contributed by atoms with Crippen molar-refractivity contribution >= 4 is 11.6 Å². The van der Waals surface area contributed by atoms with Gasteiger partial charge in [0.25, 0.3) is 0 Å². The molecule has 0 spiro atoms. The third-order valence-electron chi connectivity index (χ3n) is 3.19. The lowest BCUT2D eigenvalue weighted by molar-refractivity contribution is 0.303. The van der Waals surface area contributed by atoms with E-state index < -0.39 is 0 Å². The number of nitrogens with one attached hydrogen (secondary N) is 2. The predicted molar refractivity (Wildman–Crippen MR) is 71.2 cm³/mol.